The minimum atomic E-state index is -0.724. The van der Waals surface area contributed by atoms with Gasteiger partial charge in [-0.25, -0.2) is 10.2 Å². The highest BCUT2D eigenvalue weighted by molar-refractivity contribution is 7.80. The second-order valence-electron chi connectivity index (χ2n) is 0.979. The van der Waals surface area contributed by atoms with Crippen LogP contribution in [0.4, 0.5) is 4.79 Å². The van der Waals surface area contributed by atoms with Crippen LogP contribution in [-0.2, 0) is 0 Å². The topological polar surface area (TPSA) is 93.2 Å². The van der Waals surface area contributed by atoms with Crippen LogP contribution in [0.15, 0.2) is 0 Å². The molecule has 0 aliphatic rings. The summed E-state index contributed by atoms with van der Waals surface area (Å²) >= 11 is 4.31. The molecule has 0 atom stereocenters. The molecule has 0 saturated carbocycles. The molecule has 6 N–H and O–H groups in total. The molecule has 8 heavy (non-hydrogen) atoms. The zero-order valence-corrected chi connectivity index (χ0v) is 4.79. The lowest BCUT2D eigenvalue weighted by Crippen LogP contribution is -2.46. The molecule has 0 aliphatic carbocycles. The number of nitrogens with one attached hydrogen (secondary N) is 2. The number of amides is 2. The Hall–Kier alpha value is -1.04. The average Bonchev–Trinajstić information content (AvgIpc) is 1.61. The van der Waals surface area contributed by atoms with Crippen molar-refractivity contribution in [2.45, 2.75) is 0 Å². The molecule has 0 aliphatic heterocycles. The monoisotopic (exact) mass is 134 g/mol. The van der Waals surface area contributed by atoms with Gasteiger partial charge in [-0.05, 0) is 12.2 Å². The van der Waals surface area contributed by atoms with Crippen molar-refractivity contribution in [2.75, 3.05) is 0 Å². The summed E-state index contributed by atoms with van der Waals surface area (Å²) in [7, 11) is 0. The van der Waals surface area contributed by atoms with Crippen LogP contribution < -0.4 is 22.3 Å². The Bertz CT molecular complexity index is 98.6. The molecule has 0 saturated heterocycles. The Morgan fingerprint density at radius 2 is 1.88 bits per heavy atom. The predicted molar refractivity (Wildman–Crippen MR) is 32.6 cm³/mol. The van der Waals surface area contributed by atoms with E-state index in [2.05, 4.69) is 23.4 Å². The van der Waals surface area contributed by atoms with Gasteiger partial charge < -0.3 is 11.5 Å². The number of nitrogens with two attached hydrogens (primary N) is 2. The third kappa shape index (κ3) is 4.96. The van der Waals surface area contributed by atoms with Crippen LogP contribution in [-0.4, -0.2) is 11.1 Å². The van der Waals surface area contributed by atoms with Crippen LogP contribution in [0.2, 0.25) is 0 Å². The second kappa shape index (κ2) is 3.03. The zero-order chi connectivity index (χ0) is 6.57. The maximum absolute atomic E-state index is 9.84. The molecule has 0 unspecified atom stereocenters. The molecule has 2 amide bonds. The van der Waals surface area contributed by atoms with E-state index >= 15 is 0 Å². The maximum Gasteiger partial charge on any atom is 0.330 e. The summed E-state index contributed by atoms with van der Waals surface area (Å²) in [6, 6.07) is -0.724. The van der Waals surface area contributed by atoms with Crippen molar-refractivity contribution in [1.29, 1.82) is 0 Å². The molecule has 46 valence electrons. The van der Waals surface area contributed by atoms with Gasteiger partial charge in [-0.1, -0.05) is 0 Å². The molecule has 6 heteroatoms. The van der Waals surface area contributed by atoms with Gasteiger partial charge in [0.2, 0.25) is 0 Å². The summed E-state index contributed by atoms with van der Waals surface area (Å²) in [6.45, 7) is 0. The van der Waals surface area contributed by atoms with E-state index in [9.17, 15) is 4.79 Å². The number of carbonyl (C=O) groups is 1. The van der Waals surface area contributed by atoms with Crippen molar-refractivity contribution in [2.24, 2.45) is 11.5 Å². The fourth-order valence-corrected chi connectivity index (χ4v) is 0.174. The molecule has 5 nitrogen and oxygen atoms in total. The first-order valence-electron chi connectivity index (χ1n) is 1.74. The zero-order valence-electron chi connectivity index (χ0n) is 3.97. The van der Waals surface area contributed by atoms with Gasteiger partial charge in [-0.15, -0.1) is 0 Å². The second-order valence-corrected chi connectivity index (χ2v) is 1.42. The summed E-state index contributed by atoms with van der Waals surface area (Å²) in [5.41, 5.74) is 13.6. The van der Waals surface area contributed by atoms with E-state index < -0.39 is 6.03 Å². The van der Waals surface area contributed by atoms with Crippen molar-refractivity contribution in [3.8, 4) is 0 Å². The standard InChI is InChI=1S/C2H6N4OS/c3-1(7)5-6-2(4)8/h(H3,3,5,7)(H3,4,6,8). The first kappa shape index (κ1) is 6.96. The normalized spacial score (nSPS) is 7.50. The molecule has 0 fully saturated rings. The first-order chi connectivity index (χ1) is 3.63. The number of hydrogen-bond donors (Lipinski definition) is 4. The lowest BCUT2D eigenvalue weighted by molar-refractivity contribution is 0.247. The molecule has 0 spiro atoms. The summed E-state index contributed by atoms with van der Waals surface area (Å²) in [4.78, 5) is 9.84. The van der Waals surface area contributed by atoms with Crippen LogP contribution in [0.5, 0.6) is 0 Å². The Morgan fingerprint density at radius 1 is 1.38 bits per heavy atom. The van der Waals surface area contributed by atoms with Gasteiger partial charge in [0.15, 0.2) is 5.11 Å². The molecule has 0 aromatic carbocycles. The van der Waals surface area contributed by atoms with E-state index in [1.165, 1.54) is 0 Å². The van der Waals surface area contributed by atoms with Crippen molar-refractivity contribution in [3.63, 3.8) is 0 Å². The lowest BCUT2D eigenvalue weighted by atomic mass is 11.1. The number of urea groups is 1. The number of hydrogen-bond acceptors (Lipinski definition) is 2. The Kier molecular flexibility index (Phi) is 2.63. The largest absolute Gasteiger partial charge is 0.375 e. The average molecular weight is 134 g/mol. The van der Waals surface area contributed by atoms with Gasteiger partial charge in [0.05, 0.1) is 0 Å². The van der Waals surface area contributed by atoms with Gasteiger partial charge in [-0.2, -0.15) is 0 Å². The van der Waals surface area contributed by atoms with Gasteiger partial charge in [0, 0.05) is 0 Å². The number of rotatable bonds is 0. The molecule has 0 bridgehead atoms. The van der Waals surface area contributed by atoms with Crippen LogP contribution in [0, 0.1) is 0 Å². The molecular weight excluding hydrogens is 128 g/mol. The molecule has 0 aromatic heterocycles. The number of primary amides is 1. The fourth-order valence-electron chi connectivity index (χ4n) is 0.123. The Labute approximate surface area is 51.4 Å². The lowest BCUT2D eigenvalue weighted by Gasteiger charge is -1.99. The minimum Gasteiger partial charge on any atom is -0.375 e. The van der Waals surface area contributed by atoms with E-state index in [4.69, 9.17) is 5.73 Å². The molecular formula is C2H6N4OS. The Morgan fingerprint density at radius 3 is 2.00 bits per heavy atom. The Balaban J connectivity index is 3.18. The molecule has 0 rings (SSSR count). The molecule has 0 aromatic rings. The highest BCUT2D eigenvalue weighted by atomic mass is 32.1. The van der Waals surface area contributed by atoms with Gasteiger partial charge in [0.25, 0.3) is 0 Å². The summed E-state index contributed by atoms with van der Waals surface area (Å²) < 4.78 is 0. The van der Waals surface area contributed by atoms with Crippen LogP contribution in [0.1, 0.15) is 0 Å². The predicted octanol–water partition coefficient (Wildman–Crippen LogP) is -1.60. The van der Waals surface area contributed by atoms with Crippen molar-refractivity contribution in [3.05, 3.63) is 0 Å². The highest BCUT2D eigenvalue weighted by Gasteiger charge is 1.86. The SMILES string of the molecule is NC(=O)NNC(N)=S. The highest BCUT2D eigenvalue weighted by Crippen LogP contribution is 1.50. The minimum absolute atomic E-state index is 0.0243. The third-order valence-corrected chi connectivity index (χ3v) is 0.411. The van der Waals surface area contributed by atoms with Crippen molar-refractivity contribution in [1.82, 2.24) is 10.9 Å². The van der Waals surface area contributed by atoms with Crippen molar-refractivity contribution >= 4 is 23.4 Å². The summed E-state index contributed by atoms with van der Waals surface area (Å²) in [6.07, 6.45) is 0. The third-order valence-electron chi connectivity index (χ3n) is 0.309. The fraction of sp³-hybridized carbons (Fsp3) is 0. The summed E-state index contributed by atoms with van der Waals surface area (Å²) in [5.74, 6) is 0. The van der Waals surface area contributed by atoms with E-state index in [1.54, 1.807) is 0 Å². The van der Waals surface area contributed by atoms with Crippen LogP contribution in [0.3, 0.4) is 0 Å². The number of hydrazine groups is 1. The quantitative estimate of drug-likeness (QED) is 0.237. The summed E-state index contributed by atoms with van der Waals surface area (Å²) in [5, 5.41) is -0.0243. The van der Waals surface area contributed by atoms with Gasteiger partial charge >= 0.3 is 6.03 Å². The first-order valence-corrected chi connectivity index (χ1v) is 2.14. The smallest absolute Gasteiger partial charge is 0.330 e. The van der Waals surface area contributed by atoms with Gasteiger partial charge in [-0.3, -0.25) is 5.43 Å². The van der Waals surface area contributed by atoms with Crippen molar-refractivity contribution < 1.29 is 4.79 Å². The van der Waals surface area contributed by atoms with Gasteiger partial charge in [0.1, 0.15) is 0 Å². The van der Waals surface area contributed by atoms with E-state index in [0.717, 1.165) is 0 Å². The van der Waals surface area contributed by atoms with E-state index in [-0.39, 0.29) is 5.11 Å². The van der Waals surface area contributed by atoms with Crippen LogP contribution in [0.25, 0.3) is 0 Å². The van der Waals surface area contributed by atoms with Crippen LogP contribution >= 0.6 is 12.2 Å². The number of carbonyl (C=O) groups excluding carboxylic acids is 1. The van der Waals surface area contributed by atoms with E-state index in [1.807, 2.05) is 5.43 Å². The molecule has 0 radical (unpaired) electrons. The van der Waals surface area contributed by atoms with E-state index in [0.29, 0.717) is 0 Å². The number of thiocarbonyl (C=S) groups is 1. The maximum atomic E-state index is 9.84. The molecule has 0 heterocycles.